The van der Waals surface area contributed by atoms with Crippen LogP contribution in [0, 0.1) is 3.57 Å². The third kappa shape index (κ3) is 4.28. The molecule has 1 unspecified atom stereocenters. The van der Waals surface area contributed by atoms with Crippen molar-refractivity contribution in [2.24, 2.45) is 0 Å². The van der Waals surface area contributed by atoms with Gasteiger partial charge in [0.15, 0.2) is 5.75 Å². The molecule has 0 aliphatic carbocycles. The van der Waals surface area contributed by atoms with Gasteiger partial charge in [0.1, 0.15) is 17.5 Å². The molecule has 6 nitrogen and oxygen atoms in total. The Bertz CT molecular complexity index is 725. The lowest BCUT2D eigenvalue weighted by Crippen LogP contribution is -2.23. The molecule has 1 aromatic heterocycles. The van der Waals surface area contributed by atoms with Crippen LogP contribution in [-0.2, 0) is 0 Å². The van der Waals surface area contributed by atoms with Crippen molar-refractivity contribution in [3.63, 3.8) is 0 Å². The number of aromatic amines is 1. The Labute approximate surface area is 154 Å². The molecular formula is C17H20IN3O3. The second-order valence-electron chi connectivity index (χ2n) is 5.17. The number of carbonyl (C=O) groups excluding carboxylic acids is 2. The van der Waals surface area contributed by atoms with Crippen LogP contribution in [0.3, 0.4) is 0 Å². The quantitative estimate of drug-likeness (QED) is 0.603. The van der Waals surface area contributed by atoms with Crippen molar-refractivity contribution in [3.05, 3.63) is 50.9 Å². The van der Waals surface area contributed by atoms with Gasteiger partial charge in [0.25, 0.3) is 11.8 Å². The Kier molecular flexibility index (Phi) is 6.24. The van der Waals surface area contributed by atoms with Crippen molar-refractivity contribution in [3.8, 4) is 5.75 Å². The summed E-state index contributed by atoms with van der Waals surface area (Å²) in [5.74, 6) is -0.267. The van der Waals surface area contributed by atoms with Gasteiger partial charge in [-0.25, -0.2) is 0 Å². The lowest BCUT2D eigenvalue weighted by molar-refractivity contribution is 0.0951. The van der Waals surface area contributed by atoms with E-state index in [2.05, 4.69) is 38.2 Å². The maximum absolute atomic E-state index is 12.0. The third-order valence-corrected chi connectivity index (χ3v) is 4.18. The number of rotatable bonds is 6. The summed E-state index contributed by atoms with van der Waals surface area (Å²) < 4.78 is 7.06. The summed E-state index contributed by atoms with van der Waals surface area (Å²) in [5, 5.41) is 5.24. The van der Waals surface area contributed by atoms with Crippen LogP contribution in [0.4, 0.5) is 0 Å². The molecule has 7 heteroatoms. The number of amides is 2. The summed E-state index contributed by atoms with van der Waals surface area (Å²) in [6, 6.07) is 9.49. The first-order valence-electron chi connectivity index (χ1n) is 7.61. The number of hydrogen-bond donors (Lipinski definition) is 3. The minimum absolute atomic E-state index is 0.233. The molecule has 1 aromatic carbocycles. The molecule has 24 heavy (non-hydrogen) atoms. The van der Waals surface area contributed by atoms with E-state index >= 15 is 0 Å². The molecule has 0 aliphatic rings. The number of halogens is 1. The lowest BCUT2D eigenvalue weighted by Gasteiger charge is -2.15. The first-order valence-corrected chi connectivity index (χ1v) is 8.69. The average Bonchev–Trinajstić information content (AvgIpc) is 2.99. The van der Waals surface area contributed by atoms with E-state index in [0.29, 0.717) is 18.0 Å². The summed E-state index contributed by atoms with van der Waals surface area (Å²) in [4.78, 5) is 26.9. The molecule has 0 aliphatic heterocycles. The van der Waals surface area contributed by atoms with Crippen molar-refractivity contribution in [2.75, 3.05) is 13.6 Å². The molecule has 2 rings (SSSR count). The number of H-pyrrole nitrogens is 1. The molecule has 0 saturated carbocycles. The predicted octanol–water partition coefficient (Wildman–Crippen LogP) is 2.87. The Hall–Kier alpha value is -2.03. The smallest absolute Gasteiger partial charge is 0.271 e. The number of hydrogen-bond acceptors (Lipinski definition) is 3. The third-order valence-electron chi connectivity index (χ3n) is 3.46. The SMILES string of the molecule is CCNC(=O)c1cc(OC(C)c2ccc(I)cc2)c(C(=O)NC)[nH]1. The van der Waals surface area contributed by atoms with E-state index in [1.54, 1.807) is 6.07 Å². The van der Waals surface area contributed by atoms with Crippen LogP contribution >= 0.6 is 22.6 Å². The molecule has 0 radical (unpaired) electrons. The van der Waals surface area contributed by atoms with Crippen molar-refractivity contribution in [1.82, 2.24) is 15.6 Å². The van der Waals surface area contributed by atoms with E-state index < -0.39 is 0 Å². The van der Waals surface area contributed by atoms with E-state index in [9.17, 15) is 9.59 Å². The fourth-order valence-electron chi connectivity index (χ4n) is 2.19. The van der Waals surface area contributed by atoms with Gasteiger partial charge in [0.05, 0.1) is 0 Å². The van der Waals surface area contributed by atoms with Crippen LogP contribution < -0.4 is 15.4 Å². The molecule has 1 heterocycles. The Morgan fingerprint density at radius 3 is 2.50 bits per heavy atom. The van der Waals surface area contributed by atoms with Gasteiger partial charge in [-0.05, 0) is 54.1 Å². The summed E-state index contributed by atoms with van der Waals surface area (Å²) >= 11 is 2.24. The van der Waals surface area contributed by atoms with E-state index in [-0.39, 0.29) is 23.6 Å². The molecule has 3 N–H and O–H groups in total. The molecular weight excluding hydrogens is 421 g/mol. The summed E-state index contributed by atoms with van der Waals surface area (Å²) in [7, 11) is 1.53. The van der Waals surface area contributed by atoms with E-state index in [1.807, 2.05) is 38.1 Å². The van der Waals surface area contributed by atoms with Gasteiger partial charge in [-0.15, -0.1) is 0 Å². The first-order chi connectivity index (χ1) is 11.5. The maximum Gasteiger partial charge on any atom is 0.271 e. The number of benzene rings is 1. The van der Waals surface area contributed by atoms with Gasteiger partial charge in [-0.2, -0.15) is 0 Å². The van der Waals surface area contributed by atoms with Gasteiger partial charge in [-0.3, -0.25) is 9.59 Å². The monoisotopic (exact) mass is 441 g/mol. The fourth-order valence-corrected chi connectivity index (χ4v) is 2.55. The normalized spacial score (nSPS) is 11.7. The van der Waals surface area contributed by atoms with Gasteiger partial charge >= 0.3 is 0 Å². The predicted molar refractivity (Wildman–Crippen MR) is 100 cm³/mol. The largest absolute Gasteiger partial charge is 0.484 e. The second kappa shape index (κ2) is 8.18. The molecule has 2 aromatic rings. The van der Waals surface area contributed by atoms with E-state index in [4.69, 9.17) is 4.74 Å². The molecule has 0 bridgehead atoms. The van der Waals surface area contributed by atoms with Crippen LogP contribution in [0.5, 0.6) is 5.75 Å². The van der Waals surface area contributed by atoms with Crippen LogP contribution in [0.1, 0.15) is 46.5 Å². The fraction of sp³-hybridized carbons (Fsp3) is 0.294. The number of aromatic nitrogens is 1. The molecule has 0 spiro atoms. The van der Waals surface area contributed by atoms with Gasteiger partial charge in [0, 0.05) is 23.2 Å². The molecule has 128 valence electrons. The topological polar surface area (TPSA) is 83.2 Å². The van der Waals surface area contributed by atoms with E-state index in [1.165, 1.54) is 7.05 Å². The van der Waals surface area contributed by atoms with E-state index in [0.717, 1.165) is 9.13 Å². The molecule has 0 fully saturated rings. The Balaban J connectivity index is 2.28. The highest BCUT2D eigenvalue weighted by atomic mass is 127. The van der Waals surface area contributed by atoms with Crippen molar-refractivity contribution in [1.29, 1.82) is 0 Å². The highest BCUT2D eigenvalue weighted by molar-refractivity contribution is 14.1. The minimum atomic E-state index is -0.338. The molecule has 2 amide bonds. The van der Waals surface area contributed by atoms with Gasteiger partial charge in [0.2, 0.25) is 0 Å². The van der Waals surface area contributed by atoms with Crippen LogP contribution in [-0.4, -0.2) is 30.4 Å². The van der Waals surface area contributed by atoms with Gasteiger partial charge < -0.3 is 20.4 Å². The molecule has 1 atom stereocenters. The van der Waals surface area contributed by atoms with Crippen LogP contribution in [0.25, 0.3) is 0 Å². The second-order valence-corrected chi connectivity index (χ2v) is 6.42. The summed E-state index contributed by atoms with van der Waals surface area (Å²) in [6.07, 6.45) is -0.261. The summed E-state index contributed by atoms with van der Waals surface area (Å²) in [5.41, 5.74) is 1.51. The average molecular weight is 441 g/mol. The zero-order valence-electron chi connectivity index (χ0n) is 13.8. The van der Waals surface area contributed by atoms with Gasteiger partial charge in [-0.1, -0.05) is 12.1 Å². The van der Waals surface area contributed by atoms with Crippen molar-refractivity contribution in [2.45, 2.75) is 20.0 Å². The maximum atomic E-state index is 12.0. The Morgan fingerprint density at radius 2 is 1.92 bits per heavy atom. The van der Waals surface area contributed by atoms with Crippen LogP contribution in [0.15, 0.2) is 30.3 Å². The minimum Gasteiger partial charge on any atom is -0.484 e. The standard InChI is InChI=1S/C17H20IN3O3/c1-4-20-16(22)13-9-14(15(21-13)17(23)19-3)24-10(2)11-5-7-12(18)8-6-11/h5-10,21H,4H2,1-3H3,(H,19,23)(H,20,22). The zero-order valence-corrected chi connectivity index (χ0v) is 15.9. The highest BCUT2D eigenvalue weighted by Crippen LogP contribution is 2.27. The Morgan fingerprint density at radius 1 is 1.25 bits per heavy atom. The lowest BCUT2D eigenvalue weighted by atomic mass is 10.1. The van der Waals surface area contributed by atoms with Crippen molar-refractivity contribution >= 4 is 34.4 Å². The molecule has 0 saturated heterocycles. The highest BCUT2D eigenvalue weighted by Gasteiger charge is 2.21. The summed E-state index contributed by atoms with van der Waals surface area (Å²) in [6.45, 7) is 4.23. The number of nitrogens with one attached hydrogen (secondary N) is 3. The number of carbonyl (C=O) groups is 2. The number of ether oxygens (including phenoxy) is 1. The first kappa shape index (κ1) is 18.3. The zero-order chi connectivity index (χ0) is 17.7. The van der Waals surface area contributed by atoms with Crippen LogP contribution in [0.2, 0.25) is 0 Å². The van der Waals surface area contributed by atoms with Crippen molar-refractivity contribution < 1.29 is 14.3 Å².